The Kier molecular flexibility index (Phi) is 6.10. The Morgan fingerprint density at radius 3 is 2.75 bits per heavy atom. The smallest absolute Gasteiger partial charge is 0.317 e. The molecule has 2 saturated heterocycles. The van der Waals surface area contributed by atoms with Crippen molar-refractivity contribution in [2.45, 2.75) is 57.5 Å². The van der Waals surface area contributed by atoms with Crippen molar-refractivity contribution in [2.75, 3.05) is 32.8 Å². The van der Waals surface area contributed by atoms with Gasteiger partial charge in [0.1, 0.15) is 0 Å². The molecule has 0 aromatic heterocycles. The fraction of sp³-hybridized carbons (Fsp3) is 0.933. The van der Waals surface area contributed by atoms with Crippen LogP contribution in [-0.4, -0.2) is 65.8 Å². The normalized spacial score (nSPS) is 27.8. The zero-order valence-electron chi connectivity index (χ0n) is 12.7. The lowest BCUT2D eigenvalue weighted by molar-refractivity contribution is 0.138. The van der Waals surface area contributed by atoms with Crippen LogP contribution in [0.2, 0.25) is 0 Å². The van der Waals surface area contributed by atoms with E-state index in [2.05, 4.69) is 17.1 Å². The lowest BCUT2D eigenvalue weighted by atomic mass is 10.0. The van der Waals surface area contributed by atoms with Crippen molar-refractivity contribution >= 4 is 6.03 Å². The third kappa shape index (κ3) is 3.85. The molecule has 0 radical (unpaired) electrons. The van der Waals surface area contributed by atoms with Gasteiger partial charge in [-0.25, -0.2) is 4.79 Å². The maximum absolute atomic E-state index is 12.1. The van der Waals surface area contributed by atoms with Gasteiger partial charge in [-0.2, -0.15) is 0 Å². The zero-order valence-corrected chi connectivity index (χ0v) is 12.7. The summed E-state index contributed by atoms with van der Waals surface area (Å²) in [6.45, 7) is 5.93. The van der Waals surface area contributed by atoms with Gasteiger partial charge in [-0.3, -0.25) is 4.90 Å². The van der Waals surface area contributed by atoms with E-state index in [1.165, 1.54) is 25.7 Å². The maximum atomic E-state index is 12.1. The number of aliphatic hydroxyl groups is 1. The first kappa shape index (κ1) is 15.6. The minimum Gasteiger partial charge on any atom is -0.394 e. The highest BCUT2D eigenvalue weighted by molar-refractivity contribution is 5.74. The molecule has 0 bridgehead atoms. The number of rotatable bonds is 5. The van der Waals surface area contributed by atoms with Crippen LogP contribution in [0, 0.1) is 0 Å². The Balaban J connectivity index is 1.70. The Bertz CT molecular complexity index is 311. The maximum Gasteiger partial charge on any atom is 0.317 e. The molecule has 0 saturated carbocycles. The van der Waals surface area contributed by atoms with E-state index in [1.807, 2.05) is 0 Å². The first-order valence-electron chi connectivity index (χ1n) is 8.15. The fourth-order valence-corrected chi connectivity index (χ4v) is 3.52. The third-order valence-electron chi connectivity index (χ3n) is 4.74. The van der Waals surface area contributed by atoms with Crippen molar-refractivity contribution < 1.29 is 9.90 Å². The van der Waals surface area contributed by atoms with E-state index >= 15 is 0 Å². The summed E-state index contributed by atoms with van der Waals surface area (Å²) in [7, 11) is 0. The molecule has 1 unspecified atom stereocenters. The summed E-state index contributed by atoms with van der Waals surface area (Å²) in [5, 5.41) is 12.3. The lowest BCUT2D eigenvalue weighted by Crippen LogP contribution is -2.48. The summed E-state index contributed by atoms with van der Waals surface area (Å²) in [6, 6.07) is 0.706. The zero-order chi connectivity index (χ0) is 14.4. The van der Waals surface area contributed by atoms with Gasteiger partial charge in [-0.05, 0) is 38.6 Å². The Hall–Kier alpha value is -0.810. The first-order chi connectivity index (χ1) is 9.76. The topological polar surface area (TPSA) is 55.8 Å². The second kappa shape index (κ2) is 7.84. The van der Waals surface area contributed by atoms with Crippen molar-refractivity contribution in [3.05, 3.63) is 0 Å². The number of urea groups is 1. The van der Waals surface area contributed by atoms with E-state index in [4.69, 9.17) is 0 Å². The quantitative estimate of drug-likeness (QED) is 0.802. The molecule has 20 heavy (non-hydrogen) atoms. The minimum absolute atomic E-state index is 0.00777. The molecule has 0 aromatic carbocycles. The number of nitrogens with zero attached hydrogens (tertiary/aromatic N) is 2. The van der Waals surface area contributed by atoms with Crippen molar-refractivity contribution in [3.63, 3.8) is 0 Å². The largest absolute Gasteiger partial charge is 0.394 e. The van der Waals surface area contributed by atoms with Crippen molar-refractivity contribution in [1.29, 1.82) is 0 Å². The summed E-state index contributed by atoms with van der Waals surface area (Å²) in [6.07, 6.45) is 7.04. The van der Waals surface area contributed by atoms with E-state index < -0.39 is 0 Å². The van der Waals surface area contributed by atoms with Crippen LogP contribution in [0.3, 0.4) is 0 Å². The molecule has 2 amide bonds. The molecule has 2 aliphatic rings. The number of nitrogens with one attached hydrogen (secondary N) is 1. The predicted molar refractivity (Wildman–Crippen MR) is 79.7 cm³/mol. The molecule has 0 aromatic rings. The van der Waals surface area contributed by atoms with E-state index in [-0.39, 0.29) is 18.7 Å². The number of likely N-dealkylation sites (tertiary alicyclic amines) is 2. The van der Waals surface area contributed by atoms with Crippen molar-refractivity contribution in [1.82, 2.24) is 15.1 Å². The summed E-state index contributed by atoms with van der Waals surface area (Å²) in [4.78, 5) is 16.4. The number of carbonyl (C=O) groups is 1. The molecule has 116 valence electrons. The standard InChI is InChI=1S/C15H29N3O2/c1-2-13-6-3-4-9-17(13)11-8-16-15(20)18-10-5-7-14(18)12-19/h13-14,19H,2-12H2,1H3,(H,16,20)/t13?,14-/m0/s1. The van der Waals surface area contributed by atoms with Crippen LogP contribution in [-0.2, 0) is 0 Å². The Morgan fingerprint density at radius 2 is 2.00 bits per heavy atom. The van der Waals surface area contributed by atoms with Gasteiger partial charge in [0.2, 0.25) is 0 Å². The van der Waals surface area contributed by atoms with Gasteiger partial charge in [0.05, 0.1) is 12.6 Å². The average Bonchev–Trinajstić information content (AvgIpc) is 2.96. The lowest BCUT2D eigenvalue weighted by Gasteiger charge is -2.35. The van der Waals surface area contributed by atoms with Crippen LogP contribution in [0.5, 0.6) is 0 Å². The summed E-state index contributed by atoms with van der Waals surface area (Å²) < 4.78 is 0. The molecule has 0 spiro atoms. The monoisotopic (exact) mass is 283 g/mol. The highest BCUT2D eigenvalue weighted by Gasteiger charge is 2.28. The SMILES string of the molecule is CCC1CCCCN1CCNC(=O)N1CCC[C@H]1CO. The number of aliphatic hydroxyl groups excluding tert-OH is 1. The molecular formula is C15H29N3O2. The van der Waals surface area contributed by atoms with E-state index in [9.17, 15) is 9.90 Å². The van der Waals surface area contributed by atoms with Gasteiger partial charge >= 0.3 is 6.03 Å². The molecule has 0 aliphatic carbocycles. The van der Waals surface area contributed by atoms with Crippen LogP contribution < -0.4 is 5.32 Å². The number of hydrogen-bond acceptors (Lipinski definition) is 3. The van der Waals surface area contributed by atoms with Crippen LogP contribution in [0.15, 0.2) is 0 Å². The van der Waals surface area contributed by atoms with E-state index in [1.54, 1.807) is 4.90 Å². The van der Waals surface area contributed by atoms with Gasteiger partial charge in [0.15, 0.2) is 0 Å². The fourth-order valence-electron chi connectivity index (χ4n) is 3.52. The molecule has 2 rings (SSSR count). The number of piperidine rings is 1. The van der Waals surface area contributed by atoms with Gasteiger partial charge in [0, 0.05) is 25.7 Å². The van der Waals surface area contributed by atoms with Crippen LogP contribution in [0.1, 0.15) is 45.4 Å². The molecule has 2 atom stereocenters. The first-order valence-corrected chi connectivity index (χ1v) is 8.15. The second-order valence-electron chi connectivity index (χ2n) is 6.00. The van der Waals surface area contributed by atoms with Crippen molar-refractivity contribution in [2.24, 2.45) is 0 Å². The molecule has 2 aliphatic heterocycles. The minimum atomic E-state index is -0.00777. The summed E-state index contributed by atoms with van der Waals surface area (Å²) in [5.74, 6) is 0. The van der Waals surface area contributed by atoms with Crippen LogP contribution in [0.4, 0.5) is 4.79 Å². The van der Waals surface area contributed by atoms with Gasteiger partial charge in [0.25, 0.3) is 0 Å². The second-order valence-corrected chi connectivity index (χ2v) is 6.00. The number of hydrogen-bond donors (Lipinski definition) is 2. The van der Waals surface area contributed by atoms with E-state index in [0.29, 0.717) is 12.6 Å². The molecule has 2 heterocycles. The summed E-state index contributed by atoms with van der Waals surface area (Å²) in [5.41, 5.74) is 0. The molecule has 5 heteroatoms. The van der Waals surface area contributed by atoms with Gasteiger partial charge in [-0.15, -0.1) is 0 Å². The number of carbonyl (C=O) groups excluding carboxylic acids is 1. The Morgan fingerprint density at radius 1 is 1.20 bits per heavy atom. The molecule has 2 N–H and O–H groups in total. The third-order valence-corrected chi connectivity index (χ3v) is 4.74. The predicted octanol–water partition coefficient (Wildman–Crippen LogP) is 1.42. The van der Waals surface area contributed by atoms with Crippen molar-refractivity contribution in [3.8, 4) is 0 Å². The highest BCUT2D eigenvalue weighted by atomic mass is 16.3. The molecule has 2 fully saturated rings. The van der Waals surface area contributed by atoms with E-state index in [0.717, 1.165) is 32.5 Å². The molecular weight excluding hydrogens is 254 g/mol. The number of amides is 2. The highest BCUT2D eigenvalue weighted by Crippen LogP contribution is 2.19. The van der Waals surface area contributed by atoms with Gasteiger partial charge in [-0.1, -0.05) is 13.3 Å². The Labute approximate surface area is 122 Å². The van der Waals surface area contributed by atoms with Crippen LogP contribution >= 0.6 is 0 Å². The average molecular weight is 283 g/mol. The van der Waals surface area contributed by atoms with Gasteiger partial charge < -0.3 is 15.3 Å². The molecule has 5 nitrogen and oxygen atoms in total. The van der Waals surface area contributed by atoms with Crippen LogP contribution in [0.25, 0.3) is 0 Å². The summed E-state index contributed by atoms with van der Waals surface area (Å²) >= 11 is 0.